The summed E-state index contributed by atoms with van der Waals surface area (Å²) in [5.41, 5.74) is 0.836. The Bertz CT molecular complexity index is 574. The summed E-state index contributed by atoms with van der Waals surface area (Å²) >= 11 is 1.17. The predicted octanol–water partition coefficient (Wildman–Crippen LogP) is 1.01. The zero-order valence-corrected chi connectivity index (χ0v) is 10.7. The van der Waals surface area contributed by atoms with Crippen molar-refractivity contribution in [2.24, 2.45) is 7.05 Å². The first-order valence-corrected chi connectivity index (χ1v) is 6.05. The van der Waals surface area contributed by atoms with Gasteiger partial charge in [0.25, 0.3) is 0 Å². The number of hydrogen-bond acceptors (Lipinski definition) is 7. The first-order chi connectivity index (χ1) is 8.70. The number of hydrogen-bond donors (Lipinski definition) is 0. The van der Waals surface area contributed by atoms with Crippen molar-refractivity contribution < 1.29 is 9.53 Å². The highest BCUT2D eigenvalue weighted by Crippen LogP contribution is 2.13. The smallest absolute Gasteiger partial charge is 0.369 e. The molecule has 0 atom stereocenters. The van der Waals surface area contributed by atoms with E-state index in [1.54, 1.807) is 37.0 Å². The molecule has 0 fully saturated rings. The fourth-order valence-corrected chi connectivity index (χ4v) is 1.82. The molecule has 2 aromatic rings. The Morgan fingerprint density at radius 1 is 1.50 bits per heavy atom. The third-order valence-electron chi connectivity index (χ3n) is 2.04. The van der Waals surface area contributed by atoms with Gasteiger partial charge in [0, 0.05) is 7.05 Å². The van der Waals surface area contributed by atoms with Gasteiger partial charge < -0.3 is 4.74 Å². The standard InChI is InChI=1S/C10H11N5O2S/c1-3-17-10(16)9-13-12-8(18-9)5-4-7-6-11-14-15(7)2/h4-6H,3H2,1-2H3. The van der Waals surface area contributed by atoms with Crippen LogP contribution in [0.3, 0.4) is 0 Å². The summed E-state index contributed by atoms with van der Waals surface area (Å²) in [7, 11) is 1.79. The van der Waals surface area contributed by atoms with E-state index in [2.05, 4.69) is 20.5 Å². The van der Waals surface area contributed by atoms with Gasteiger partial charge in [-0.3, -0.25) is 0 Å². The first-order valence-electron chi connectivity index (χ1n) is 5.24. The van der Waals surface area contributed by atoms with E-state index in [9.17, 15) is 4.79 Å². The lowest BCUT2D eigenvalue weighted by Crippen LogP contribution is -2.03. The third kappa shape index (κ3) is 2.77. The highest BCUT2D eigenvalue weighted by atomic mass is 32.1. The van der Waals surface area contributed by atoms with Crippen LogP contribution in [0.15, 0.2) is 6.20 Å². The van der Waals surface area contributed by atoms with Crippen molar-refractivity contribution in [1.82, 2.24) is 25.2 Å². The van der Waals surface area contributed by atoms with Gasteiger partial charge in [0.2, 0.25) is 5.01 Å². The molecule has 0 amide bonds. The van der Waals surface area contributed by atoms with E-state index < -0.39 is 5.97 Å². The van der Waals surface area contributed by atoms with Crippen molar-refractivity contribution in [3.8, 4) is 0 Å². The number of rotatable bonds is 4. The number of carbonyl (C=O) groups is 1. The average molecular weight is 265 g/mol. The number of ether oxygens (including phenoxy) is 1. The highest BCUT2D eigenvalue weighted by Gasteiger charge is 2.12. The van der Waals surface area contributed by atoms with E-state index in [-0.39, 0.29) is 5.01 Å². The molecule has 0 bridgehead atoms. The molecule has 8 heteroatoms. The number of carbonyl (C=O) groups excluding carboxylic acids is 1. The second kappa shape index (κ2) is 5.50. The summed E-state index contributed by atoms with van der Waals surface area (Å²) in [4.78, 5) is 11.4. The molecule has 0 unspecified atom stereocenters. The zero-order chi connectivity index (χ0) is 13.0. The van der Waals surface area contributed by atoms with Crippen molar-refractivity contribution >= 4 is 29.5 Å². The van der Waals surface area contributed by atoms with Crippen molar-refractivity contribution in [3.63, 3.8) is 0 Å². The van der Waals surface area contributed by atoms with E-state index in [4.69, 9.17) is 4.74 Å². The van der Waals surface area contributed by atoms with E-state index in [1.165, 1.54) is 11.3 Å². The van der Waals surface area contributed by atoms with Gasteiger partial charge in [-0.15, -0.1) is 15.3 Å². The van der Waals surface area contributed by atoms with Gasteiger partial charge in [0.05, 0.1) is 18.5 Å². The van der Waals surface area contributed by atoms with Gasteiger partial charge in [0.15, 0.2) is 0 Å². The topological polar surface area (TPSA) is 82.8 Å². The minimum atomic E-state index is -0.447. The molecule has 94 valence electrons. The molecule has 0 N–H and O–H groups in total. The molecule has 2 aromatic heterocycles. The Hall–Kier alpha value is -2.09. The molecule has 18 heavy (non-hydrogen) atoms. The van der Waals surface area contributed by atoms with Crippen molar-refractivity contribution in [3.05, 3.63) is 21.9 Å². The Labute approximate surface area is 107 Å². The minimum Gasteiger partial charge on any atom is -0.461 e. The van der Waals surface area contributed by atoms with Crippen LogP contribution in [-0.4, -0.2) is 37.8 Å². The van der Waals surface area contributed by atoms with Crippen LogP contribution in [0.5, 0.6) is 0 Å². The second-order valence-electron chi connectivity index (χ2n) is 3.28. The van der Waals surface area contributed by atoms with Crippen molar-refractivity contribution in [2.45, 2.75) is 6.92 Å². The average Bonchev–Trinajstić information content (AvgIpc) is 2.96. The maximum atomic E-state index is 11.4. The molecule has 2 heterocycles. The molecule has 0 saturated heterocycles. The summed E-state index contributed by atoms with van der Waals surface area (Å²) in [5, 5.41) is 16.1. The molecule has 7 nitrogen and oxygen atoms in total. The summed E-state index contributed by atoms with van der Waals surface area (Å²) in [6.07, 6.45) is 5.18. The predicted molar refractivity (Wildman–Crippen MR) is 65.8 cm³/mol. The zero-order valence-electron chi connectivity index (χ0n) is 9.90. The molecular weight excluding hydrogens is 254 g/mol. The van der Waals surface area contributed by atoms with Crippen molar-refractivity contribution in [1.29, 1.82) is 0 Å². The Morgan fingerprint density at radius 3 is 3.00 bits per heavy atom. The SMILES string of the molecule is CCOC(=O)c1nnc(C=Cc2cnnn2C)s1. The van der Waals surface area contributed by atoms with E-state index in [1.807, 2.05) is 0 Å². The maximum absolute atomic E-state index is 11.4. The molecule has 0 aromatic carbocycles. The fourth-order valence-electron chi connectivity index (χ4n) is 1.18. The minimum absolute atomic E-state index is 0.250. The molecule has 0 aliphatic heterocycles. The summed E-state index contributed by atoms with van der Waals surface area (Å²) in [6, 6.07) is 0. The van der Waals surface area contributed by atoms with Crippen LogP contribution in [0.2, 0.25) is 0 Å². The summed E-state index contributed by atoms with van der Waals surface area (Å²) < 4.78 is 6.46. The monoisotopic (exact) mass is 265 g/mol. The van der Waals surface area contributed by atoms with Gasteiger partial charge in [-0.25, -0.2) is 9.48 Å². The lowest BCUT2D eigenvalue weighted by atomic mass is 10.4. The number of esters is 1. The van der Waals surface area contributed by atoms with Crippen LogP contribution in [0, 0.1) is 0 Å². The van der Waals surface area contributed by atoms with E-state index in [0.717, 1.165) is 5.69 Å². The van der Waals surface area contributed by atoms with E-state index in [0.29, 0.717) is 11.6 Å². The summed E-state index contributed by atoms with van der Waals surface area (Å²) in [5.74, 6) is -0.447. The molecule has 0 radical (unpaired) electrons. The van der Waals surface area contributed by atoms with Gasteiger partial charge in [0.1, 0.15) is 5.01 Å². The fraction of sp³-hybridized carbons (Fsp3) is 0.300. The largest absolute Gasteiger partial charge is 0.461 e. The van der Waals surface area contributed by atoms with Crippen LogP contribution in [0.4, 0.5) is 0 Å². The van der Waals surface area contributed by atoms with Gasteiger partial charge in [-0.2, -0.15) is 0 Å². The van der Waals surface area contributed by atoms with Crippen LogP contribution < -0.4 is 0 Å². The Balaban J connectivity index is 2.09. The van der Waals surface area contributed by atoms with Crippen LogP contribution >= 0.6 is 11.3 Å². The Morgan fingerprint density at radius 2 is 2.33 bits per heavy atom. The molecule has 2 rings (SSSR count). The lowest BCUT2D eigenvalue weighted by molar-refractivity contribution is 0.0525. The van der Waals surface area contributed by atoms with Gasteiger partial charge in [-0.1, -0.05) is 16.6 Å². The van der Waals surface area contributed by atoms with Crippen LogP contribution in [0.1, 0.15) is 27.4 Å². The molecular formula is C10H11N5O2S. The van der Waals surface area contributed by atoms with E-state index >= 15 is 0 Å². The normalized spacial score (nSPS) is 11.0. The highest BCUT2D eigenvalue weighted by molar-refractivity contribution is 7.14. The van der Waals surface area contributed by atoms with Crippen LogP contribution in [-0.2, 0) is 11.8 Å². The number of nitrogens with zero attached hydrogens (tertiary/aromatic N) is 5. The molecule has 0 spiro atoms. The molecule has 0 aliphatic carbocycles. The molecule has 0 saturated carbocycles. The number of aryl methyl sites for hydroxylation is 1. The first kappa shape index (κ1) is 12.4. The van der Waals surface area contributed by atoms with Crippen molar-refractivity contribution in [2.75, 3.05) is 6.61 Å². The lowest BCUT2D eigenvalue weighted by Gasteiger charge is -1.94. The van der Waals surface area contributed by atoms with Crippen LogP contribution in [0.25, 0.3) is 12.2 Å². The Kier molecular flexibility index (Phi) is 3.78. The second-order valence-corrected chi connectivity index (χ2v) is 4.29. The number of aromatic nitrogens is 5. The maximum Gasteiger partial charge on any atom is 0.369 e. The quantitative estimate of drug-likeness (QED) is 0.767. The van der Waals surface area contributed by atoms with Gasteiger partial charge >= 0.3 is 5.97 Å². The third-order valence-corrected chi connectivity index (χ3v) is 2.91. The summed E-state index contributed by atoms with van der Waals surface area (Å²) in [6.45, 7) is 2.07. The molecule has 0 aliphatic rings. The van der Waals surface area contributed by atoms with Gasteiger partial charge in [-0.05, 0) is 19.1 Å².